The van der Waals surface area contributed by atoms with Crippen molar-refractivity contribution in [1.82, 2.24) is 15.5 Å². The predicted molar refractivity (Wildman–Crippen MR) is 106 cm³/mol. The van der Waals surface area contributed by atoms with E-state index in [1.165, 1.54) is 5.56 Å². The van der Waals surface area contributed by atoms with Gasteiger partial charge < -0.3 is 15.3 Å². The molecule has 1 aromatic heterocycles. The third kappa shape index (κ3) is 4.65. The van der Waals surface area contributed by atoms with Gasteiger partial charge in [0.05, 0.1) is 12.5 Å². The molecule has 2 atom stereocenters. The number of anilines is 1. The fourth-order valence-corrected chi connectivity index (χ4v) is 3.42. The zero-order valence-corrected chi connectivity index (χ0v) is 16.2. The van der Waals surface area contributed by atoms with Gasteiger partial charge in [0.15, 0.2) is 11.5 Å². The maximum atomic E-state index is 12.5. The smallest absolute Gasteiger partial charge is 0.224 e. The van der Waals surface area contributed by atoms with Crippen molar-refractivity contribution in [3.8, 4) is 6.07 Å². The van der Waals surface area contributed by atoms with Gasteiger partial charge in [-0.05, 0) is 29.2 Å². The Morgan fingerprint density at radius 3 is 2.57 bits per heavy atom. The van der Waals surface area contributed by atoms with Gasteiger partial charge in [-0.15, -0.1) is 10.2 Å². The summed E-state index contributed by atoms with van der Waals surface area (Å²) in [4.78, 5) is 14.5. The number of nitrogens with zero attached hydrogens (tertiary/aromatic N) is 4. The minimum absolute atomic E-state index is 0.0196. The first-order valence-electron chi connectivity index (χ1n) is 9.48. The highest BCUT2D eigenvalue weighted by molar-refractivity contribution is 5.79. The van der Waals surface area contributed by atoms with Gasteiger partial charge in [-0.1, -0.05) is 38.1 Å². The zero-order valence-electron chi connectivity index (χ0n) is 16.2. The van der Waals surface area contributed by atoms with Crippen LogP contribution in [0.4, 0.5) is 5.82 Å². The molecule has 2 aromatic rings. The molecule has 0 spiro atoms. The molecule has 7 heteroatoms. The van der Waals surface area contributed by atoms with Crippen LogP contribution in [0.5, 0.6) is 0 Å². The number of amides is 1. The molecule has 0 aliphatic carbocycles. The number of aliphatic hydroxyl groups excluding tert-OH is 1. The SMILES string of the molecule is CC(C)c1ccc(CC(=O)N[C@@H]2CN(c3ccc(C#N)nn3)C[C@H]2CO)cc1. The van der Waals surface area contributed by atoms with E-state index >= 15 is 0 Å². The molecule has 1 saturated heterocycles. The second-order valence-corrected chi connectivity index (χ2v) is 7.48. The van der Waals surface area contributed by atoms with E-state index in [0.29, 0.717) is 31.2 Å². The summed E-state index contributed by atoms with van der Waals surface area (Å²) in [6.07, 6.45) is 0.309. The Morgan fingerprint density at radius 2 is 2.00 bits per heavy atom. The van der Waals surface area contributed by atoms with Crippen molar-refractivity contribution in [2.24, 2.45) is 5.92 Å². The Balaban J connectivity index is 1.60. The first kappa shape index (κ1) is 19.8. The normalized spacial score (nSPS) is 18.9. The van der Waals surface area contributed by atoms with Gasteiger partial charge in [0.2, 0.25) is 5.91 Å². The topological polar surface area (TPSA) is 102 Å². The lowest BCUT2D eigenvalue weighted by Gasteiger charge is -2.18. The van der Waals surface area contributed by atoms with Crippen LogP contribution in [0.15, 0.2) is 36.4 Å². The first-order valence-corrected chi connectivity index (χ1v) is 9.48. The number of aliphatic hydroxyl groups is 1. The van der Waals surface area contributed by atoms with Crippen LogP contribution < -0.4 is 10.2 Å². The largest absolute Gasteiger partial charge is 0.396 e. The van der Waals surface area contributed by atoms with Gasteiger partial charge in [-0.2, -0.15) is 5.26 Å². The lowest BCUT2D eigenvalue weighted by atomic mass is 10.0. The Kier molecular flexibility index (Phi) is 6.22. The first-order chi connectivity index (χ1) is 13.5. The quantitative estimate of drug-likeness (QED) is 0.791. The number of nitriles is 1. The maximum Gasteiger partial charge on any atom is 0.224 e. The lowest BCUT2D eigenvalue weighted by molar-refractivity contribution is -0.121. The molecule has 1 fully saturated rings. The minimum Gasteiger partial charge on any atom is -0.396 e. The summed E-state index contributed by atoms with van der Waals surface area (Å²) in [5, 5.41) is 29.5. The van der Waals surface area contributed by atoms with Gasteiger partial charge in [0.25, 0.3) is 0 Å². The van der Waals surface area contributed by atoms with Crippen LogP contribution in [0, 0.1) is 17.2 Å². The number of nitrogens with one attached hydrogen (secondary N) is 1. The third-order valence-corrected chi connectivity index (χ3v) is 5.12. The van der Waals surface area contributed by atoms with E-state index in [-0.39, 0.29) is 30.2 Å². The average molecular weight is 379 g/mol. The third-order valence-electron chi connectivity index (χ3n) is 5.12. The number of carbonyl (C=O) groups is 1. The maximum absolute atomic E-state index is 12.5. The lowest BCUT2D eigenvalue weighted by Crippen LogP contribution is -2.42. The Bertz CT molecular complexity index is 843. The Hall–Kier alpha value is -2.98. The molecule has 7 nitrogen and oxygen atoms in total. The van der Waals surface area contributed by atoms with Gasteiger partial charge in [0.1, 0.15) is 6.07 Å². The summed E-state index contributed by atoms with van der Waals surface area (Å²) in [5.74, 6) is 0.958. The van der Waals surface area contributed by atoms with Crippen LogP contribution in [0.2, 0.25) is 0 Å². The van der Waals surface area contributed by atoms with Crippen molar-refractivity contribution in [3.63, 3.8) is 0 Å². The fourth-order valence-electron chi connectivity index (χ4n) is 3.42. The van der Waals surface area contributed by atoms with Gasteiger partial charge >= 0.3 is 0 Å². The fraction of sp³-hybridized carbons (Fsp3) is 0.429. The molecule has 1 aliphatic rings. The number of rotatable bonds is 6. The highest BCUT2D eigenvalue weighted by atomic mass is 16.3. The summed E-state index contributed by atoms with van der Waals surface area (Å²) in [7, 11) is 0. The van der Waals surface area contributed by atoms with Crippen molar-refractivity contribution in [2.45, 2.75) is 32.2 Å². The van der Waals surface area contributed by atoms with E-state index in [4.69, 9.17) is 5.26 Å². The van der Waals surface area contributed by atoms with Crippen LogP contribution in [0.3, 0.4) is 0 Å². The standard InChI is InChI=1S/C21H25N5O2/c1-14(2)16-5-3-15(4-6-16)9-21(28)23-19-12-26(11-17(19)13-27)20-8-7-18(10-22)24-25-20/h3-8,14,17,19,27H,9,11-13H2,1-2H3,(H,23,28)/t17-,19+/m0/s1. The molecule has 0 saturated carbocycles. The second-order valence-electron chi connectivity index (χ2n) is 7.48. The van der Waals surface area contributed by atoms with Crippen molar-refractivity contribution >= 4 is 11.7 Å². The van der Waals surface area contributed by atoms with E-state index in [1.54, 1.807) is 12.1 Å². The minimum atomic E-state index is -0.162. The molecule has 0 radical (unpaired) electrons. The molecule has 2 heterocycles. The number of benzene rings is 1. The molecule has 28 heavy (non-hydrogen) atoms. The Morgan fingerprint density at radius 1 is 1.25 bits per heavy atom. The van der Waals surface area contributed by atoms with Crippen LogP contribution in [-0.2, 0) is 11.2 Å². The average Bonchev–Trinajstić information content (AvgIpc) is 3.11. The molecule has 2 N–H and O–H groups in total. The number of carbonyl (C=O) groups excluding carboxylic acids is 1. The molecule has 0 unspecified atom stereocenters. The van der Waals surface area contributed by atoms with E-state index in [9.17, 15) is 9.90 Å². The van der Waals surface area contributed by atoms with Crippen LogP contribution in [0.1, 0.15) is 36.6 Å². The van der Waals surface area contributed by atoms with Crippen LogP contribution >= 0.6 is 0 Å². The van der Waals surface area contributed by atoms with Crippen LogP contribution in [-0.4, -0.2) is 46.9 Å². The Labute approximate surface area is 165 Å². The van der Waals surface area contributed by atoms with Gasteiger partial charge in [-0.25, -0.2) is 0 Å². The second kappa shape index (κ2) is 8.81. The van der Waals surface area contributed by atoms with E-state index in [2.05, 4.69) is 41.5 Å². The summed E-state index contributed by atoms with van der Waals surface area (Å²) in [5.41, 5.74) is 2.48. The summed E-state index contributed by atoms with van der Waals surface area (Å²) in [6, 6.07) is 13.2. The van der Waals surface area contributed by atoms with Crippen LogP contribution in [0.25, 0.3) is 0 Å². The molecule has 146 valence electrons. The predicted octanol–water partition coefficient (Wildman–Crippen LogP) is 1.63. The van der Waals surface area contributed by atoms with E-state index in [1.807, 2.05) is 23.1 Å². The molecule has 1 amide bonds. The van der Waals surface area contributed by atoms with Gasteiger partial charge in [-0.3, -0.25) is 4.79 Å². The molecule has 0 bridgehead atoms. The van der Waals surface area contributed by atoms with Gasteiger partial charge in [0, 0.05) is 25.6 Å². The van der Waals surface area contributed by atoms with Crippen molar-refractivity contribution in [1.29, 1.82) is 5.26 Å². The monoisotopic (exact) mass is 379 g/mol. The van der Waals surface area contributed by atoms with Crippen molar-refractivity contribution in [3.05, 3.63) is 53.2 Å². The molecular weight excluding hydrogens is 354 g/mol. The highest BCUT2D eigenvalue weighted by Crippen LogP contribution is 2.22. The molecule has 1 aliphatic heterocycles. The van der Waals surface area contributed by atoms with E-state index < -0.39 is 0 Å². The highest BCUT2D eigenvalue weighted by Gasteiger charge is 2.34. The number of hydrogen-bond acceptors (Lipinski definition) is 6. The summed E-state index contributed by atoms with van der Waals surface area (Å²) < 4.78 is 0. The summed E-state index contributed by atoms with van der Waals surface area (Å²) in [6.45, 7) is 5.38. The van der Waals surface area contributed by atoms with Crippen molar-refractivity contribution < 1.29 is 9.90 Å². The zero-order chi connectivity index (χ0) is 20.1. The van der Waals surface area contributed by atoms with E-state index in [0.717, 1.165) is 5.56 Å². The molecule has 1 aromatic carbocycles. The number of aromatic nitrogens is 2. The van der Waals surface area contributed by atoms with Crippen molar-refractivity contribution in [2.75, 3.05) is 24.6 Å². The number of hydrogen-bond donors (Lipinski definition) is 2. The summed E-state index contributed by atoms with van der Waals surface area (Å²) >= 11 is 0. The molecule has 3 rings (SSSR count). The molecular formula is C21H25N5O2.